The van der Waals surface area contributed by atoms with Gasteiger partial charge in [-0.25, -0.2) is 18.2 Å². The van der Waals surface area contributed by atoms with Gasteiger partial charge in [0.1, 0.15) is 6.04 Å². The standard InChI is InChI=1S/C22H21N3O7S2/c1-24(2)15-7-3-13(4-8-15)18-11-23-19(32-18)14-5-9-16(10-6-14)34(30,31)25-17(21(26)27)12-33-20(25)22(28)29/h3-11,17,20H,12H2,1-2H3,(H,26,27)(H,28,29). The molecule has 3 aromatic rings. The van der Waals surface area contributed by atoms with E-state index in [1.54, 1.807) is 6.20 Å². The lowest BCUT2D eigenvalue weighted by Gasteiger charge is -2.24. The maximum atomic E-state index is 13.1. The van der Waals surface area contributed by atoms with Crippen LogP contribution in [0.25, 0.3) is 22.8 Å². The Morgan fingerprint density at radius 2 is 1.65 bits per heavy atom. The van der Waals surface area contributed by atoms with Crippen LogP contribution < -0.4 is 4.90 Å². The van der Waals surface area contributed by atoms with Crippen LogP contribution in [0.5, 0.6) is 0 Å². The number of aliphatic carboxylic acids is 2. The third-order valence-corrected chi connectivity index (χ3v) is 8.57. The van der Waals surface area contributed by atoms with Crippen molar-refractivity contribution in [1.29, 1.82) is 0 Å². The van der Waals surface area contributed by atoms with Crippen LogP contribution in [-0.2, 0) is 19.6 Å². The van der Waals surface area contributed by atoms with E-state index in [9.17, 15) is 28.2 Å². The smallest absolute Gasteiger partial charge is 0.332 e. The number of nitrogens with zero attached hydrogens (tertiary/aromatic N) is 3. The molecule has 1 aromatic heterocycles. The molecule has 0 aliphatic carbocycles. The van der Waals surface area contributed by atoms with Crippen molar-refractivity contribution in [3.63, 3.8) is 0 Å². The fourth-order valence-corrected chi connectivity index (χ4v) is 6.79. The van der Waals surface area contributed by atoms with Gasteiger partial charge in [-0.15, -0.1) is 11.8 Å². The third kappa shape index (κ3) is 4.39. The molecular formula is C22H21N3O7S2. The van der Waals surface area contributed by atoms with Gasteiger partial charge in [-0.1, -0.05) is 0 Å². The molecule has 1 saturated heterocycles. The minimum absolute atomic E-state index is 0.155. The highest BCUT2D eigenvalue weighted by atomic mass is 32.2. The van der Waals surface area contributed by atoms with Crippen LogP contribution in [0.3, 0.4) is 0 Å². The van der Waals surface area contributed by atoms with E-state index in [1.165, 1.54) is 24.3 Å². The van der Waals surface area contributed by atoms with Crippen LogP contribution in [-0.4, -0.2) is 71.1 Å². The Bertz CT molecular complexity index is 1300. The van der Waals surface area contributed by atoms with Gasteiger partial charge in [0.05, 0.1) is 11.1 Å². The SMILES string of the molecule is CN(C)c1ccc(-c2cnc(-c3ccc(S(=O)(=O)N4C(C(=O)O)CSC4C(=O)O)cc3)o2)cc1. The number of hydrogen-bond acceptors (Lipinski definition) is 8. The van der Waals surface area contributed by atoms with Gasteiger partial charge >= 0.3 is 11.9 Å². The highest BCUT2D eigenvalue weighted by molar-refractivity contribution is 8.02. The fourth-order valence-electron chi connectivity index (χ4n) is 3.50. The van der Waals surface area contributed by atoms with E-state index in [-0.39, 0.29) is 16.5 Å². The Balaban J connectivity index is 1.60. The summed E-state index contributed by atoms with van der Waals surface area (Å²) in [5, 5.41) is 17.3. The molecule has 2 aromatic carbocycles. The Kier molecular flexibility index (Phi) is 6.39. The van der Waals surface area contributed by atoms with E-state index in [0.717, 1.165) is 23.0 Å². The molecule has 2 unspecified atom stereocenters. The molecule has 0 radical (unpaired) electrons. The number of hydrogen-bond donors (Lipinski definition) is 2. The summed E-state index contributed by atoms with van der Waals surface area (Å²) in [5.74, 6) is -2.15. The number of anilines is 1. The lowest BCUT2D eigenvalue weighted by Crippen LogP contribution is -2.47. The van der Waals surface area contributed by atoms with E-state index in [1.807, 2.05) is 43.3 Å². The van der Waals surface area contributed by atoms with E-state index < -0.39 is 33.4 Å². The summed E-state index contributed by atoms with van der Waals surface area (Å²) in [6.07, 6.45) is 1.57. The van der Waals surface area contributed by atoms with Crippen molar-refractivity contribution in [3.8, 4) is 22.8 Å². The first-order valence-electron chi connectivity index (χ1n) is 10.0. The molecule has 0 amide bonds. The quantitative estimate of drug-likeness (QED) is 0.494. The summed E-state index contributed by atoms with van der Waals surface area (Å²) < 4.78 is 32.6. The molecule has 0 spiro atoms. The lowest BCUT2D eigenvalue weighted by atomic mass is 10.1. The van der Waals surface area contributed by atoms with Gasteiger partial charge < -0.3 is 19.5 Å². The summed E-state index contributed by atoms with van der Waals surface area (Å²) >= 11 is 0.758. The first-order chi connectivity index (χ1) is 16.1. The molecule has 2 heterocycles. The van der Waals surface area contributed by atoms with Crippen molar-refractivity contribution < 1.29 is 32.6 Å². The average molecular weight is 504 g/mol. The molecule has 0 bridgehead atoms. The Hall–Kier alpha value is -3.35. The molecule has 178 valence electrons. The molecule has 12 heteroatoms. The van der Waals surface area contributed by atoms with Gasteiger partial charge in [0.2, 0.25) is 15.9 Å². The zero-order valence-corrected chi connectivity index (χ0v) is 19.8. The van der Waals surface area contributed by atoms with E-state index >= 15 is 0 Å². The first-order valence-corrected chi connectivity index (χ1v) is 12.5. The highest BCUT2D eigenvalue weighted by Crippen LogP contribution is 2.35. The first kappa shape index (κ1) is 23.8. The van der Waals surface area contributed by atoms with Crippen molar-refractivity contribution in [3.05, 3.63) is 54.7 Å². The minimum atomic E-state index is -4.38. The van der Waals surface area contributed by atoms with Gasteiger partial charge in [-0.3, -0.25) is 4.79 Å². The number of carboxylic acids is 2. The van der Waals surface area contributed by atoms with Crippen LogP contribution >= 0.6 is 11.8 Å². The van der Waals surface area contributed by atoms with Crippen LogP contribution in [0, 0.1) is 0 Å². The monoisotopic (exact) mass is 503 g/mol. The number of sulfonamides is 1. The lowest BCUT2D eigenvalue weighted by molar-refractivity contribution is -0.142. The maximum absolute atomic E-state index is 13.1. The summed E-state index contributed by atoms with van der Waals surface area (Å²) in [6.45, 7) is 0. The number of thioether (sulfide) groups is 1. The van der Waals surface area contributed by atoms with E-state index in [0.29, 0.717) is 15.6 Å². The second kappa shape index (κ2) is 9.12. The summed E-state index contributed by atoms with van der Waals surface area (Å²) in [7, 11) is -0.495. The second-order valence-corrected chi connectivity index (χ2v) is 10.7. The number of oxazole rings is 1. The fraction of sp³-hybridized carbons (Fsp3) is 0.227. The molecule has 4 rings (SSSR count). The average Bonchev–Trinajstić information content (AvgIpc) is 3.48. The second-order valence-electron chi connectivity index (χ2n) is 7.71. The van der Waals surface area contributed by atoms with Crippen molar-refractivity contribution in [2.75, 3.05) is 24.7 Å². The molecule has 2 atom stereocenters. The van der Waals surface area contributed by atoms with Crippen LogP contribution in [0.4, 0.5) is 5.69 Å². The van der Waals surface area contributed by atoms with Crippen LogP contribution in [0.2, 0.25) is 0 Å². The number of benzene rings is 2. The van der Waals surface area contributed by atoms with Gasteiger partial charge in [0, 0.05) is 36.7 Å². The Labute approximate surface area is 199 Å². The maximum Gasteiger partial charge on any atom is 0.332 e. The topological polar surface area (TPSA) is 141 Å². The third-order valence-electron chi connectivity index (χ3n) is 5.30. The van der Waals surface area contributed by atoms with Gasteiger partial charge in [-0.05, 0) is 48.5 Å². The molecular weight excluding hydrogens is 482 g/mol. The molecule has 0 saturated carbocycles. The van der Waals surface area contributed by atoms with Crippen molar-refractivity contribution in [2.45, 2.75) is 16.3 Å². The van der Waals surface area contributed by atoms with E-state index in [2.05, 4.69) is 4.98 Å². The zero-order valence-electron chi connectivity index (χ0n) is 18.2. The van der Waals surface area contributed by atoms with Crippen LogP contribution in [0.1, 0.15) is 0 Å². The number of carbonyl (C=O) groups is 2. The van der Waals surface area contributed by atoms with Crippen molar-refractivity contribution >= 4 is 39.4 Å². The molecule has 1 aliphatic heterocycles. The summed E-state index contributed by atoms with van der Waals surface area (Å²) in [5.41, 5.74) is 2.37. The largest absolute Gasteiger partial charge is 0.480 e. The van der Waals surface area contributed by atoms with Gasteiger partial charge in [-0.2, -0.15) is 4.31 Å². The number of carboxylic acid groups (broad SMARTS) is 2. The van der Waals surface area contributed by atoms with Crippen LogP contribution in [0.15, 0.2) is 64.0 Å². The molecule has 34 heavy (non-hydrogen) atoms. The molecule has 1 fully saturated rings. The zero-order chi connectivity index (χ0) is 24.6. The Morgan fingerprint density at radius 1 is 1.03 bits per heavy atom. The molecule has 2 N–H and O–H groups in total. The van der Waals surface area contributed by atoms with Crippen molar-refractivity contribution in [1.82, 2.24) is 9.29 Å². The Morgan fingerprint density at radius 3 is 2.21 bits per heavy atom. The van der Waals surface area contributed by atoms with E-state index in [4.69, 9.17) is 4.42 Å². The highest BCUT2D eigenvalue weighted by Gasteiger charge is 2.49. The summed E-state index contributed by atoms with van der Waals surface area (Å²) in [6, 6.07) is 11.7. The molecule has 10 nitrogen and oxygen atoms in total. The summed E-state index contributed by atoms with van der Waals surface area (Å²) in [4.78, 5) is 29.1. The number of rotatable bonds is 7. The van der Waals surface area contributed by atoms with Gasteiger partial charge in [0.25, 0.3) is 0 Å². The predicted octanol–water partition coefficient (Wildman–Crippen LogP) is 2.68. The van der Waals surface area contributed by atoms with Gasteiger partial charge in [0.15, 0.2) is 11.1 Å². The van der Waals surface area contributed by atoms with Crippen molar-refractivity contribution in [2.24, 2.45) is 0 Å². The number of aromatic nitrogens is 1. The predicted molar refractivity (Wildman–Crippen MR) is 126 cm³/mol. The minimum Gasteiger partial charge on any atom is -0.480 e. The normalized spacial score (nSPS) is 18.6. The molecule has 1 aliphatic rings.